The van der Waals surface area contributed by atoms with E-state index in [2.05, 4.69) is 28.8 Å². The van der Waals surface area contributed by atoms with E-state index in [9.17, 15) is 9.59 Å². The van der Waals surface area contributed by atoms with Crippen molar-refractivity contribution in [2.75, 3.05) is 20.6 Å². The lowest BCUT2D eigenvalue weighted by Gasteiger charge is -2.28. The Kier molecular flexibility index (Phi) is 5.80. The molecule has 2 rings (SSSR count). The summed E-state index contributed by atoms with van der Waals surface area (Å²) < 4.78 is 0. The number of likely N-dealkylation sites (N-methyl/N-ethyl adjacent to an activating group) is 1. The Bertz CT molecular complexity index is 763. The molecule has 0 saturated carbocycles. The first kappa shape index (κ1) is 18.9. The lowest BCUT2D eigenvalue weighted by atomic mass is 9.99. The van der Waals surface area contributed by atoms with Crippen LogP contribution in [0.1, 0.15) is 32.4 Å². The van der Waals surface area contributed by atoms with Gasteiger partial charge in [-0.1, -0.05) is 42.5 Å². The Morgan fingerprint density at radius 3 is 2.40 bits per heavy atom. The molecule has 134 valence electrons. The van der Waals surface area contributed by atoms with Gasteiger partial charge in [0.15, 0.2) is 0 Å². The minimum absolute atomic E-state index is 0.0672. The standard InChI is InChI=1S/C20H27N3O2/c1-14(16-12-8-10-15-9-6-7-11-17(15)16)22-18(24)13-21-20(2,3)19(25)23(4)5/h6-12,14,21H,13H2,1-5H3,(H,22,24). The number of hydrogen-bond acceptors (Lipinski definition) is 3. The summed E-state index contributed by atoms with van der Waals surface area (Å²) in [7, 11) is 3.41. The van der Waals surface area contributed by atoms with Crippen LogP contribution in [0, 0.1) is 0 Å². The van der Waals surface area contributed by atoms with Gasteiger partial charge in [0.05, 0.1) is 18.1 Å². The van der Waals surface area contributed by atoms with Gasteiger partial charge in [0, 0.05) is 14.1 Å². The molecular weight excluding hydrogens is 314 g/mol. The number of hydrogen-bond donors (Lipinski definition) is 2. The third-order valence-electron chi connectivity index (χ3n) is 4.30. The molecular formula is C20H27N3O2. The number of benzene rings is 2. The zero-order valence-electron chi connectivity index (χ0n) is 15.6. The van der Waals surface area contributed by atoms with Crippen LogP contribution in [0.2, 0.25) is 0 Å². The first-order valence-corrected chi connectivity index (χ1v) is 8.46. The molecule has 2 aromatic rings. The lowest BCUT2D eigenvalue weighted by molar-refractivity contribution is -0.134. The quantitative estimate of drug-likeness (QED) is 0.848. The molecule has 0 spiro atoms. The van der Waals surface area contributed by atoms with Crippen molar-refractivity contribution in [3.8, 4) is 0 Å². The highest BCUT2D eigenvalue weighted by Crippen LogP contribution is 2.23. The van der Waals surface area contributed by atoms with Gasteiger partial charge in [0.25, 0.3) is 0 Å². The van der Waals surface area contributed by atoms with Gasteiger partial charge in [0.2, 0.25) is 11.8 Å². The zero-order chi connectivity index (χ0) is 18.6. The molecule has 0 fully saturated rings. The number of rotatable bonds is 6. The van der Waals surface area contributed by atoms with Crippen molar-refractivity contribution in [2.45, 2.75) is 32.4 Å². The molecule has 1 atom stereocenters. The molecule has 0 heterocycles. The van der Waals surface area contributed by atoms with Crippen molar-refractivity contribution in [3.05, 3.63) is 48.0 Å². The maximum atomic E-state index is 12.3. The minimum atomic E-state index is -0.788. The van der Waals surface area contributed by atoms with E-state index < -0.39 is 5.54 Å². The monoisotopic (exact) mass is 341 g/mol. The molecule has 25 heavy (non-hydrogen) atoms. The van der Waals surface area contributed by atoms with E-state index in [1.165, 1.54) is 4.90 Å². The number of nitrogens with zero attached hydrogens (tertiary/aromatic N) is 1. The van der Waals surface area contributed by atoms with Crippen LogP contribution in [-0.2, 0) is 9.59 Å². The number of nitrogens with one attached hydrogen (secondary N) is 2. The van der Waals surface area contributed by atoms with E-state index in [0.717, 1.165) is 16.3 Å². The summed E-state index contributed by atoms with van der Waals surface area (Å²) in [6.45, 7) is 5.60. The maximum absolute atomic E-state index is 12.3. The fourth-order valence-corrected chi connectivity index (χ4v) is 2.93. The van der Waals surface area contributed by atoms with E-state index in [0.29, 0.717) is 0 Å². The summed E-state index contributed by atoms with van der Waals surface area (Å²) in [6, 6.07) is 14.1. The van der Waals surface area contributed by atoms with Crippen LogP contribution in [0.3, 0.4) is 0 Å². The summed E-state index contributed by atoms with van der Waals surface area (Å²) in [5.74, 6) is -0.206. The predicted molar refractivity (Wildman–Crippen MR) is 101 cm³/mol. The first-order chi connectivity index (χ1) is 11.7. The summed E-state index contributed by atoms with van der Waals surface area (Å²) >= 11 is 0. The minimum Gasteiger partial charge on any atom is -0.348 e. The van der Waals surface area contributed by atoms with Gasteiger partial charge in [-0.15, -0.1) is 0 Å². The summed E-state index contributed by atoms with van der Waals surface area (Å²) in [6.07, 6.45) is 0. The SMILES string of the molecule is CC(NC(=O)CNC(C)(C)C(=O)N(C)C)c1cccc2ccccc12. The molecule has 0 aliphatic heterocycles. The van der Waals surface area contributed by atoms with E-state index in [1.54, 1.807) is 27.9 Å². The highest BCUT2D eigenvalue weighted by Gasteiger charge is 2.29. The van der Waals surface area contributed by atoms with Gasteiger partial charge in [0.1, 0.15) is 0 Å². The van der Waals surface area contributed by atoms with Gasteiger partial charge in [-0.25, -0.2) is 0 Å². The van der Waals surface area contributed by atoms with Gasteiger partial charge >= 0.3 is 0 Å². The smallest absolute Gasteiger partial charge is 0.241 e. The highest BCUT2D eigenvalue weighted by atomic mass is 16.2. The molecule has 2 amide bonds. The van der Waals surface area contributed by atoms with Gasteiger partial charge in [-0.05, 0) is 37.1 Å². The number of carbonyl (C=O) groups is 2. The Morgan fingerprint density at radius 2 is 1.72 bits per heavy atom. The van der Waals surface area contributed by atoms with Crippen molar-refractivity contribution in [2.24, 2.45) is 0 Å². The van der Waals surface area contributed by atoms with Crippen LogP contribution in [0.15, 0.2) is 42.5 Å². The van der Waals surface area contributed by atoms with E-state index in [4.69, 9.17) is 0 Å². The third-order valence-corrected chi connectivity index (χ3v) is 4.30. The second kappa shape index (κ2) is 7.66. The Labute approximate surface area is 149 Å². The van der Waals surface area contributed by atoms with Crippen molar-refractivity contribution in [1.82, 2.24) is 15.5 Å². The number of carbonyl (C=O) groups excluding carboxylic acids is 2. The average Bonchev–Trinajstić information content (AvgIpc) is 2.58. The molecule has 0 radical (unpaired) electrons. The summed E-state index contributed by atoms with van der Waals surface area (Å²) in [4.78, 5) is 25.9. The normalized spacial score (nSPS) is 12.7. The van der Waals surface area contributed by atoms with E-state index >= 15 is 0 Å². The Balaban J connectivity index is 2.02. The maximum Gasteiger partial charge on any atom is 0.241 e. The van der Waals surface area contributed by atoms with Crippen LogP contribution in [-0.4, -0.2) is 42.9 Å². The second-order valence-electron chi connectivity index (χ2n) is 7.04. The van der Waals surface area contributed by atoms with Crippen molar-refractivity contribution >= 4 is 22.6 Å². The molecule has 1 unspecified atom stereocenters. The molecule has 2 aromatic carbocycles. The van der Waals surface area contributed by atoms with Gasteiger partial charge in [-0.2, -0.15) is 0 Å². The van der Waals surface area contributed by atoms with Crippen molar-refractivity contribution in [1.29, 1.82) is 0 Å². The van der Waals surface area contributed by atoms with Crippen LogP contribution >= 0.6 is 0 Å². The van der Waals surface area contributed by atoms with Gasteiger partial charge < -0.3 is 10.2 Å². The average molecular weight is 341 g/mol. The molecule has 5 nitrogen and oxygen atoms in total. The van der Waals surface area contributed by atoms with Crippen LogP contribution < -0.4 is 10.6 Å². The zero-order valence-corrected chi connectivity index (χ0v) is 15.6. The number of fused-ring (bicyclic) bond motifs is 1. The van der Waals surface area contributed by atoms with Crippen molar-refractivity contribution in [3.63, 3.8) is 0 Å². The molecule has 0 aliphatic rings. The molecule has 0 aliphatic carbocycles. The molecule has 5 heteroatoms. The second-order valence-corrected chi connectivity index (χ2v) is 7.04. The predicted octanol–water partition coefficient (Wildman–Crippen LogP) is 2.47. The van der Waals surface area contributed by atoms with E-state index in [1.807, 2.05) is 31.2 Å². The summed E-state index contributed by atoms with van der Waals surface area (Å²) in [5.41, 5.74) is 0.291. The topological polar surface area (TPSA) is 61.4 Å². The fraction of sp³-hybridized carbons (Fsp3) is 0.400. The molecule has 2 N–H and O–H groups in total. The lowest BCUT2D eigenvalue weighted by Crippen LogP contribution is -2.54. The Hall–Kier alpha value is -2.40. The van der Waals surface area contributed by atoms with Gasteiger partial charge in [-0.3, -0.25) is 14.9 Å². The van der Waals surface area contributed by atoms with Crippen molar-refractivity contribution < 1.29 is 9.59 Å². The highest BCUT2D eigenvalue weighted by molar-refractivity contribution is 5.88. The summed E-state index contributed by atoms with van der Waals surface area (Å²) in [5, 5.41) is 8.32. The Morgan fingerprint density at radius 1 is 1.08 bits per heavy atom. The van der Waals surface area contributed by atoms with Crippen LogP contribution in [0.5, 0.6) is 0 Å². The molecule has 0 bridgehead atoms. The van der Waals surface area contributed by atoms with E-state index in [-0.39, 0.29) is 24.4 Å². The molecule has 0 saturated heterocycles. The third kappa shape index (κ3) is 4.57. The fourth-order valence-electron chi connectivity index (χ4n) is 2.93. The molecule has 0 aromatic heterocycles. The van der Waals surface area contributed by atoms with Crippen LogP contribution in [0.25, 0.3) is 10.8 Å². The first-order valence-electron chi connectivity index (χ1n) is 8.46. The largest absolute Gasteiger partial charge is 0.348 e. The van der Waals surface area contributed by atoms with Crippen LogP contribution in [0.4, 0.5) is 0 Å². The number of amides is 2.